The van der Waals surface area contributed by atoms with Gasteiger partial charge >= 0.3 is 0 Å². The number of benzene rings is 1. The molecule has 1 aromatic carbocycles. The molecule has 2 atom stereocenters. The van der Waals surface area contributed by atoms with Gasteiger partial charge in [-0.2, -0.15) is 5.10 Å². The standard InChI is InChI=1S/C22H27N7O/c1-22-21(26-17(20(30)28-22)11-14-5-3-2-4-6-14)27-18(12-24-22)15-7-9-16(10-8-15)19-23-13-25-29-19/h7-10,12-14,17,24H,2-6,11H2,1H3,(H,26,27)(H,28,30)(H,23,25,29). The number of hydrogen-bond donors (Lipinski definition) is 4. The van der Waals surface area contributed by atoms with Crippen LogP contribution in [0.1, 0.15) is 51.0 Å². The van der Waals surface area contributed by atoms with Gasteiger partial charge in [-0.25, -0.2) is 4.98 Å². The average molecular weight is 406 g/mol. The van der Waals surface area contributed by atoms with Crippen molar-refractivity contribution in [3.05, 3.63) is 42.4 Å². The number of aliphatic imine (C=N–C) groups is 1. The van der Waals surface area contributed by atoms with Gasteiger partial charge in [-0.15, -0.1) is 0 Å². The molecule has 0 bridgehead atoms. The van der Waals surface area contributed by atoms with Gasteiger partial charge in [0.05, 0.1) is 5.70 Å². The lowest BCUT2D eigenvalue weighted by atomic mass is 9.84. The summed E-state index contributed by atoms with van der Waals surface area (Å²) in [4.78, 5) is 21.7. The highest BCUT2D eigenvalue weighted by Crippen LogP contribution is 2.30. The van der Waals surface area contributed by atoms with Crippen molar-refractivity contribution in [1.82, 2.24) is 31.1 Å². The van der Waals surface area contributed by atoms with Gasteiger partial charge in [0.1, 0.15) is 18.2 Å². The van der Waals surface area contributed by atoms with E-state index in [4.69, 9.17) is 4.99 Å². The number of nitrogens with zero attached hydrogens (tertiary/aromatic N) is 3. The first kappa shape index (κ1) is 18.8. The molecule has 1 aromatic heterocycles. The van der Waals surface area contributed by atoms with E-state index in [1.165, 1.54) is 38.4 Å². The Balaban J connectivity index is 1.35. The molecule has 3 heterocycles. The molecule has 2 aliphatic heterocycles. The van der Waals surface area contributed by atoms with Crippen LogP contribution in [0.3, 0.4) is 0 Å². The van der Waals surface area contributed by atoms with Crippen LogP contribution in [0.25, 0.3) is 17.1 Å². The molecule has 1 saturated carbocycles. The number of H-pyrrole nitrogens is 1. The predicted molar refractivity (Wildman–Crippen MR) is 115 cm³/mol. The number of nitrogens with one attached hydrogen (secondary N) is 4. The van der Waals surface area contributed by atoms with Crippen molar-refractivity contribution in [3.63, 3.8) is 0 Å². The van der Waals surface area contributed by atoms with Gasteiger partial charge in [0.15, 0.2) is 11.5 Å². The highest BCUT2D eigenvalue weighted by atomic mass is 16.2. The van der Waals surface area contributed by atoms with Crippen LogP contribution in [0, 0.1) is 5.92 Å². The zero-order chi connectivity index (χ0) is 20.6. The summed E-state index contributed by atoms with van der Waals surface area (Å²) < 4.78 is 0. The summed E-state index contributed by atoms with van der Waals surface area (Å²) in [5.74, 6) is 2.11. The van der Waals surface area contributed by atoms with E-state index >= 15 is 0 Å². The van der Waals surface area contributed by atoms with Gasteiger partial charge < -0.3 is 16.0 Å². The van der Waals surface area contributed by atoms with Gasteiger partial charge in [-0.1, -0.05) is 56.4 Å². The summed E-state index contributed by atoms with van der Waals surface area (Å²) in [6.07, 6.45) is 10.5. The van der Waals surface area contributed by atoms with Crippen LogP contribution in [0.4, 0.5) is 0 Å². The van der Waals surface area contributed by atoms with E-state index in [0.717, 1.165) is 34.9 Å². The van der Waals surface area contributed by atoms with E-state index in [1.807, 2.05) is 37.4 Å². The number of aromatic amines is 1. The van der Waals surface area contributed by atoms with Crippen LogP contribution >= 0.6 is 0 Å². The quantitative estimate of drug-likeness (QED) is 0.625. The van der Waals surface area contributed by atoms with Crippen molar-refractivity contribution < 1.29 is 4.79 Å². The Labute approximate surface area is 175 Å². The van der Waals surface area contributed by atoms with Gasteiger partial charge in [0, 0.05) is 11.8 Å². The van der Waals surface area contributed by atoms with Gasteiger partial charge in [0.2, 0.25) is 5.91 Å². The third kappa shape index (κ3) is 3.58. The lowest BCUT2D eigenvalue weighted by Crippen LogP contribution is -2.70. The molecule has 8 heteroatoms. The smallest absolute Gasteiger partial charge is 0.247 e. The fraction of sp³-hybridized carbons (Fsp3) is 0.455. The summed E-state index contributed by atoms with van der Waals surface area (Å²) in [6.45, 7) is 1.94. The van der Waals surface area contributed by atoms with Gasteiger partial charge in [0.25, 0.3) is 0 Å². The number of aromatic nitrogens is 3. The van der Waals surface area contributed by atoms with Crippen molar-refractivity contribution >= 4 is 17.4 Å². The van der Waals surface area contributed by atoms with Crippen molar-refractivity contribution in [3.8, 4) is 11.4 Å². The van der Waals surface area contributed by atoms with Crippen LogP contribution in [0.15, 0.2) is 41.8 Å². The maximum Gasteiger partial charge on any atom is 0.247 e. The summed E-state index contributed by atoms with van der Waals surface area (Å²) in [7, 11) is 0. The van der Waals surface area contributed by atoms with Crippen molar-refractivity contribution in [2.45, 2.75) is 57.2 Å². The monoisotopic (exact) mass is 405 g/mol. The Kier molecular flexibility index (Phi) is 4.77. The second kappa shape index (κ2) is 7.59. The number of amides is 1. The van der Waals surface area contributed by atoms with Crippen LogP contribution in [-0.2, 0) is 4.79 Å². The van der Waals surface area contributed by atoms with E-state index in [-0.39, 0.29) is 11.9 Å². The molecular weight excluding hydrogens is 378 g/mol. The van der Waals surface area contributed by atoms with E-state index in [1.54, 1.807) is 0 Å². The highest BCUT2D eigenvalue weighted by Gasteiger charge is 2.42. The molecule has 0 saturated heterocycles. The van der Waals surface area contributed by atoms with Crippen molar-refractivity contribution in [2.75, 3.05) is 0 Å². The van der Waals surface area contributed by atoms with E-state index in [2.05, 4.69) is 31.1 Å². The molecular formula is C22H27N7O. The average Bonchev–Trinajstić information content (AvgIpc) is 3.30. The molecule has 2 unspecified atom stereocenters. The lowest BCUT2D eigenvalue weighted by Gasteiger charge is -2.41. The Hall–Kier alpha value is -3.16. The Bertz CT molecular complexity index is 973. The summed E-state index contributed by atoms with van der Waals surface area (Å²) in [6, 6.07) is 7.74. The molecule has 0 spiro atoms. The topological polar surface area (TPSA) is 107 Å². The zero-order valence-electron chi connectivity index (χ0n) is 17.1. The minimum atomic E-state index is -0.705. The largest absolute Gasteiger partial charge is 0.361 e. The number of amidine groups is 1. The zero-order valence-corrected chi connectivity index (χ0v) is 17.1. The number of fused-ring (bicyclic) bond motifs is 1. The van der Waals surface area contributed by atoms with Crippen LogP contribution in [-0.4, -0.2) is 38.6 Å². The summed E-state index contributed by atoms with van der Waals surface area (Å²) >= 11 is 0. The molecule has 156 valence electrons. The maximum atomic E-state index is 12.7. The molecule has 1 aliphatic carbocycles. The normalized spacial score (nSPS) is 26.6. The van der Waals surface area contributed by atoms with Gasteiger partial charge in [-0.05, 0) is 24.8 Å². The third-order valence-corrected chi connectivity index (χ3v) is 6.36. The second-order valence-corrected chi connectivity index (χ2v) is 8.59. The Morgan fingerprint density at radius 2 is 1.87 bits per heavy atom. The van der Waals surface area contributed by atoms with Crippen LogP contribution in [0.2, 0.25) is 0 Å². The van der Waals surface area contributed by atoms with Crippen LogP contribution in [0.5, 0.6) is 0 Å². The minimum Gasteiger partial charge on any atom is -0.361 e. The Morgan fingerprint density at radius 3 is 2.60 bits per heavy atom. The Morgan fingerprint density at radius 1 is 1.10 bits per heavy atom. The number of carbonyl (C=O) groups is 1. The molecule has 30 heavy (non-hydrogen) atoms. The van der Waals surface area contributed by atoms with Gasteiger partial charge in [-0.3, -0.25) is 14.9 Å². The molecule has 0 radical (unpaired) electrons. The lowest BCUT2D eigenvalue weighted by molar-refractivity contribution is -0.124. The van der Waals surface area contributed by atoms with E-state index in [0.29, 0.717) is 5.92 Å². The molecule has 8 nitrogen and oxygen atoms in total. The first-order valence-electron chi connectivity index (χ1n) is 10.7. The highest BCUT2D eigenvalue weighted by molar-refractivity contribution is 6.05. The van der Waals surface area contributed by atoms with Crippen molar-refractivity contribution in [1.29, 1.82) is 0 Å². The fourth-order valence-electron chi connectivity index (χ4n) is 4.58. The summed E-state index contributed by atoms with van der Waals surface area (Å²) in [5.41, 5.74) is 2.21. The molecule has 2 aromatic rings. The fourth-order valence-corrected chi connectivity index (χ4v) is 4.58. The van der Waals surface area contributed by atoms with Crippen molar-refractivity contribution in [2.24, 2.45) is 10.9 Å². The molecule has 1 fully saturated rings. The van der Waals surface area contributed by atoms with E-state index < -0.39 is 5.66 Å². The number of carbonyl (C=O) groups excluding carboxylic acids is 1. The first-order valence-corrected chi connectivity index (χ1v) is 10.7. The maximum absolute atomic E-state index is 12.7. The number of hydrogen-bond acceptors (Lipinski definition) is 6. The molecule has 4 N–H and O–H groups in total. The SMILES string of the molecule is CC12NC=C(c3ccc(-c4ncn[nH]4)cc3)NC1=NC(CC1CCCCC1)C(=O)N2. The molecule has 1 amide bonds. The first-order chi connectivity index (χ1) is 14.6. The number of rotatable bonds is 4. The van der Waals surface area contributed by atoms with E-state index in [9.17, 15) is 4.79 Å². The third-order valence-electron chi connectivity index (χ3n) is 6.36. The second-order valence-electron chi connectivity index (χ2n) is 8.59. The predicted octanol–water partition coefficient (Wildman–Crippen LogP) is 2.55. The molecule has 3 aliphatic rings. The van der Waals surface area contributed by atoms with Crippen LogP contribution < -0.4 is 16.0 Å². The molecule has 5 rings (SSSR count). The minimum absolute atomic E-state index is 0.00869. The summed E-state index contributed by atoms with van der Waals surface area (Å²) in [5, 5.41) is 16.7.